The molecule has 0 saturated carbocycles. The minimum atomic E-state index is 0.0392. The van der Waals surface area contributed by atoms with Gasteiger partial charge in [0.15, 0.2) is 0 Å². The van der Waals surface area contributed by atoms with Gasteiger partial charge in [-0.3, -0.25) is 4.79 Å². The van der Waals surface area contributed by atoms with Crippen molar-refractivity contribution in [2.24, 2.45) is 5.73 Å². The molecule has 0 heterocycles. The second-order valence-electron chi connectivity index (χ2n) is 5.19. The summed E-state index contributed by atoms with van der Waals surface area (Å²) in [5.41, 5.74) is 9.48. The van der Waals surface area contributed by atoms with Crippen LogP contribution in [0.25, 0.3) is 0 Å². The Morgan fingerprint density at radius 1 is 1.05 bits per heavy atom. The van der Waals surface area contributed by atoms with Gasteiger partial charge >= 0.3 is 0 Å². The van der Waals surface area contributed by atoms with E-state index in [1.54, 1.807) is 0 Å². The topological polar surface area (TPSA) is 46.3 Å². The van der Waals surface area contributed by atoms with E-state index in [-0.39, 0.29) is 5.91 Å². The van der Waals surface area contributed by atoms with E-state index in [0.29, 0.717) is 13.1 Å². The van der Waals surface area contributed by atoms with Crippen molar-refractivity contribution in [2.75, 3.05) is 11.4 Å². The van der Waals surface area contributed by atoms with Gasteiger partial charge in [0.1, 0.15) is 0 Å². The highest BCUT2D eigenvalue weighted by atomic mass is 16.2. The van der Waals surface area contributed by atoms with Crippen LogP contribution in [0.15, 0.2) is 48.5 Å². The number of amides is 1. The van der Waals surface area contributed by atoms with Crippen LogP contribution in [0.2, 0.25) is 0 Å². The van der Waals surface area contributed by atoms with Crippen molar-refractivity contribution < 1.29 is 4.79 Å². The summed E-state index contributed by atoms with van der Waals surface area (Å²) in [7, 11) is 0. The fraction of sp³-hybridized carbons (Fsp3) is 0.278. The zero-order valence-corrected chi connectivity index (χ0v) is 12.7. The molecule has 2 aromatic carbocycles. The average molecular weight is 282 g/mol. The van der Waals surface area contributed by atoms with E-state index >= 15 is 0 Å². The van der Waals surface area contributed by atoms with Crippen molar-refractivity contribution in [3.8, 4) is 0 Å². The molecule has 3 heteroatoms. The number of hydrogen-bond acceptors (Lipinski definition) is 2. The van der Waals surface area contributed by atoms with Crippen molar-refractivity contribution in [1.82, 2.24) is 0 Å². The molecule has 110 valence electrons. The van der Waals surface area contributed by atoms with Crippen LogP contribution in [0.1, 0.15) is 34.8 Å². The molecule has 0 saturated heterocycles. The lowest BCUT2D eigenvalue weighted by Gasteiger charge is -2.22. The van der Waals surface area contributed by atoms with E-state index in [9.17, 15) is 4.79 Å². The minimum Gasteiger partial charge on any atom is -0.326 e. The molecule has 0 atom stereocenters. The molecule has 2 rings (SSSR count). The van der Waals surface area contributed by atoms with Crippen molar-refractivity contribution in [3.05, 3.63) is 65.2 Å². The van der Waals surface area contributed by atoms with Crippen molar-refractivity contribution in [3.63, 3.8) is 0 Å². The highest BCUT2D eigenvalue weighted by Gasteiger charge is 2.16. The van der Waals surface area contributed by atoms with Crippen molar-refractivity contribution >= 4 is 11.6 Å². The van der Waals surface area contributed by atoms with Crippen LogP contribution < -0.4 is 10.6 Å². The lowest BCUT2D eigenvalue weighted by molar-refractivity contribution is 0.0987. The number of aryl methyl sites for hydroxylation is 1. The Morgan fingerprint density at radius 3 is 2.19 bits per heavy atom. The van der Waals surface area contributed by atoms with Crippen LogP contribution in [-0.4, -0.2) is 12.5 Å². The van der Waals surface area contributed by atoms with Gasteiger partial charge < -0.3 is 10.6 Å². The zero-order valence-electron chi connectivity index (χ0n) is 12.7. The maximum atomic E-state index is 12.7. The molecule has 0 bridgehead atoms. The van der Waals surface area contributed by atoms with Crippen LogP contribution in [0.3, 0.4) is 0 Å². The molecule has 0 aliphatic carbocycles. The number of nitrogens with zero attached hydrogens (tertiary/aromatic N) is 1. The number of anilines is 1. The number of rotatable bonds is 5. The molecule has 2 aromatic rings. The molecular weight excluding hydrogens is 260 g/mol. The quantitative estimate of drug-likeness (QED) is 0.912. The molecule has 1 amide bonds. The number of carbonyl (C=O) groups is 1. The normalized spacial score (nSPS) is 10.4. The lowest BCUT2D eigenvalue weighted by Crippen LogP contribution is -2.31. The van der Waals surface area contributed by atoms with Crippen LogP contribution in [0, 0.1) is 6.92 Å². The van der Waals surface area contributed by atoms with Crippen LogP contribution in [-0.2, 0) is 6.54 Å². The van der Waals surface area contributed by atoms with Gasteiger partial charge in [0.2, 0.25) is 0 Å². The Morgan fingerprint density at radius 2 is 1.67 bits per heavy atom. The maximum absolute atomic E-state index is 12.7. The van der Waals surface area contributed by atoms with E-state index in [1.165, 1.54) is 0 Å². The summed E-state index contributed by atoms with van der Waals surface area (Å²) in [4.78, 5) is 14.5. The molecule has 0 fully saturated rings. The first kappa shape index (κ1) is 15.3. The summed E-state index contributed by atoms with van der Waals surface area (Å²) >= 11 is 0. The first-order chi connectivity index (χ1) is 10.2. The van der Waals surface area contributed by atoms with Crippen LogP contribution >= 0.6 is 0 Å². The number of carbonyl (C=O) groups excluding carboxylic acids is 1. The molecule has 21 heavy (non-hydrogen) atoms. The summed E-state index contributed by atoms with van der Waals surface area (Å²) in [6.07, 6.45) is 0.913. The van der Waals surface area contributed by atoms with E-state index < -0.39 is 0 Å². The summed E-state index contributed by atoms with van der Waals surface area (Å²) in [6, 6.07) is 15.6. The van der Waals surface area contributed by atoms with E-state index in [0.717, 1.165) is 28.8 Å². The predicted octanol–water partition coefficient (Wildman–Crippen LogP) is 3.51. The molecule has 0 aliphatic rings. The smallest absolute Gasteiger partial charge is 0.258 e. The fourth-order valence-electron chi connectivity index (χ4n) is 2.24. The third kappa shape index (κ3) is 3.70. The van der Waals surface area contributed by atoms with Gasteiger partial charge in [0.05, 0.1) is 0 Å². The van der Waals surface area contributed by atoms with E-state index in [1.807, 2.05) is 60.4 Å². The largest absolute Gasteiger partial charge is 0.326 e. The number of hydrogen-bond donors (Lipinski definition) is 1. The summed E-state index contributed by atoms with van der Waals surface area (Å²) in [6.45, 7) is 5.31. The van der Waals surface area contributed by atoms with Crippen LogP contribution in [0.5, 0.6) is 0 Å². The second kappa shape index (κ2) is 7.04. The lowest BCUT2D eigenvalue weighted by atomic mass is 10.1. The van der Waals surface area contributed by atoms with Crippen LogP contribution in [0.4, 0.5) is 5.69 Å². The first-order valence-electron chi connectivity index (χ1n) is 7.33. The van der Waals surface area contributed by atoms with Gasteiger partial charge in [-0.15, -0.1) is 0 Å². The highest BCUT2D eigenvalue weighted by molar-refractivity contribution is 6.06. The van der Waals surface area contributed by atoms with Gasteiger partial charge in [-0.1, -0.05) is 36.8 Å². The Bertz CT molecular complexity index is 588. The molecule has 0 aliphatic heterocycles. The van der Waals surface area contributed by atoms with E-state index in [2.05, 4.69) is 6.92 Å². The monoisotopic (exact) mass is 282 g/mol. The van der Waals surface area contributed by atoms with E-state index in [4.69, 9.17) is 5.73 Å². The van der Waals surface area contributed by atoms with Gasteiger partial charge in [-0.05, 0) is 43.2 Å². The van der Waals surface area contributed by atoms with Gasteiger partial charge in [0.25, 0.3) is 5.91 Å². The summed E-state index contributed by atoms with van der Waals surface area (Å²) < 4.78 is 0. The molecule has 0 unspecified atom stereocenters. The average Bonchev–Trinajstić information content (AvgIpc) is 2.53. The van der Waals surface area contributed by atoms with Gasteiger partial charge in [-0.2, -0.15) is 0 Å². The Labute approximate surface area is 126 Å². The molecular formula is C18H22N2O. The summed E-state index contributed by atoms with van der Waals surface area (Å²) in [5.74, 6) is 0.0392. The molecule has 2 N–H and O–H groups in total. The second-order valence-corrected chi connectivity index (χ2v) is 5.19. The molecule has 0 aromatic heterocycles. The molecule has 0 spiro atoms. The SMILES string of the molecule is CCCN(C(=O)c1ccc(C)cc1)c1ccc(CN)cc1. The predicted molar refractivity (Wildman–Crippen MR) is 87.5 cm³/mol. The maximum Gasteiger partial charge on any atom is 0.258 e. The first-order valence-corrected chi connectivity index (χ1v) is 7.33. The van der Waals surface area contributed by atoms with Crippen molar-refractivity contribution in [1.29, 1.82) is 0 Å². The number of nitrogens with two attached hydrogens (primary N) is 1. The Hall–Kier alpha value is -2.13. The minimum absolute atomic E-state index is 0.0392. The Kier molecular flexibility index (Phi) is 5.12. The third-order valence-corrected chi connectivity index (χ3v) is 3.47. The molecule has 0 radical (unpaired) electrons. The number of benzene rings is 2. The standard InChI is InChI=1S/C18H22N2O/c1-3-12-20(17-10-6-15(13-19)7-11-17)18(21)16-8-4-14(2)5-9-16/h4-11H,3,12-13,19H2,1-2H3. The van der Waals surface area contributed by atoms with Crippen molar-refractivity contribution in [2.45, 2.75) is 26.8 Å². The van der Waals surface area contributed by atoms with Gasteiger partial charge in [0, 0.05) is 24.3 Å². The van der Waals surface area contributed by atoms with Gasteiger partial charge in [-0.25, -0.2) is 0 Å². The Balaban J connectivity index is 2.28. The highest BCUT2D eigenvalue weighted by Crippen LogP contribution is 2.19. The molecule has 3 nitrogen and oxygen atoms in total. The fourth-order valence-corrected chi connectivity index (χ4v) is 2.24. The zero-order chi connectivity index (χ0) is 15.2. The third-order valence-electron chi connectivity index (χ3n) is 3.47. The summed E-state index contributed by atoms with van der Waals surface area (Å²) in [5, 5.41) is 0.